The minimum Gasteiger partial charge on any atom is -0.465 e. The van der Waals surface area contributed by atoms with Gasteiger partial charge in [-0.15, -0.1) is 0 Å². The Morgan fingerprint density at radius 2 is 2.08 bits per heavy atom. The van der Waals surface area contributed by atoms with Crippen molar-refractivity contribution in [1.29, 1.82) is 0 Å². The van der Waals surface area contributed by atoms with Crippen molar-refractivity contribution >= 4 is 33.4 Å². The minimum atomic E-state index is -0.546. The van der Waals surface area contributed by atoms with Gasteiger partial charge in [0, 0.05) is 6.07 Å². The van der Waals surface area contributed by atoms with Gasteiger partial charge in [-0.3, -0.25) is 9.59 Å². The molecular weight excluding hydrogens is 342 g/mol. The summed E-state index contributed by atoms with van der Waals surface area (Å²) in [5, 5.41) is 3.51. The van der Waals surface area contributed by atoms with E-state index in [-0.39, 0.29) is 18.3 Å². The second-order valence-corrected chi connectivity index (χ2v) is 6.48. The predicted molar refractivity (Wildman–Crippen MR) is 92.3 cm³/mol. The van der Waals surface area contributed by atoms with E-state index in [0.717, 1.165) is 21.3 Å². The third-order valence-corrected chi connectivity index (χ3v) is 4.78. The molecule has 0 aliphatic heterocycles. The van der Waals surface area contributed by atoms with Gasteiger partial charge in [0.2, 0.25) is 5.76 Å². The molecule has 8 heteroatoms. The molecule has 0 N–H and O–H groups in total. The maximum absolute atomic E-state index is 12.2. The number of rotatable bonds is 4. The van der Waals surface area contributed by atoms with Crippen LogP contribution in [0.4, 0.5) is 0 Å². The number of esters is 1. The highest BCUT2D eigenvalue weighted by Crippen LogP contribution is 2.22. The summed E-state index contributed by atoms with van der Waals surface area (Å²) in [6.07, 6.45) is 1.38. The van der Waals surface area contributed by atoms with E-state index in [1.165, 1.54) is 23.6 Å². The topological polar surface area (TPSA) is 86.7 Å². The Bertz CT molecular complexity index is 999. The van der Waals surface area contributed by atoms with Gasteiger partial charge in [0.15, 0.2) is 4.80 Å². The fourth-order valence-corrected chi connectivity index (χ4v) is 3.47. The van der Waals surface area contributed by atoms with Crippen molar-refractivity contribution in [2.75, 3.05) is 6.61 Å². The lowest BCUT2D eigenvalue weighted by atomic mass is 10.1. The number of nitrogens with zero attached hydrogens (tertiary/aromatic N) is 3. The van der Waals surface area contributed by atoms with Crippen LogP contribution in [0, 0.1) is 13.8 Å². The highest BCUT2D eigenvalue weighted by Gasteiger charge is 2.15. The van der Waals surface area contributed by atoms with E-state index in [1.807, 2.05) is 26.0 Å². The van der Waals surface area contributed by atoms with Gasteiger partial charge in [0.25, 0.3) is 0 Å². The van der Waals surface area contributed by atoms with Crippen LogP contribution in [-0.2, 0) is 16.1 Å². The molecule has 0 radical (unpaired) electrons. The molecule has 0 fully saturated rings. The molecule has 3 rings (SSSR count). The van der Waals surface area contributed by atoms with Crippen molar-refractivity contribution in [2.45, 2.75) is 27.3 Å². The third-order valence-electron chi connectivity index (χ3n) is 3.74. The molecule has 0 saturated carbocycles. The van der Waals surface area contributed by atoms with E-state index in [4.69, 9.17) is 9.26 Å². The molecule has 0 bridgehead atoms. The van der Waals surface area contributed by atoms with Gasteiger partial charge in [-0.2, -0.15) is 4.99 Å². The van der Waals surface area contributed by atoms with Gasteiger partial charge in [0.1, 0.15) is 6.54 Å². The number of fused-ring (bicyclic) bond motifs is 1. The zero-order valence-corrected chi connectivity index (χ0v) is 14.9. The highest BCUT2D eigenvalue weighted by atomic mass is 32.1. The molecule has 0 aliphatic rings. The molecule has 7 nitrogen and oxygen atoms in total. The predicted octanol–water partition coefficient (Wildman–Crippen LogP) is 2.61. The van der Waals surface area contributed by atoms with Gasteiger partial charge in [-0.05, 0) is 44.0 Å². The van der Waals surface area contributed by atoms with Crippen molar-refractivity contribution in [2.24, 2.45) is 4.99 Å². The molecule has 1 aromatic carbocycles. The molecule has 2 heterocycles. The summed E-state index contributed by atoms with van der Waals surface area (Å²) in [5.74, 6) is -0.878. The van der Waals surface area contributed by atoms with Crippen LogP contribution in [0.15, 0.2) is 33.9 Å². The second kappa shape index (κ2) is 7.02. The quantitative estimate of drug-likeness (QED) is 0.668. The normalized spacial score (nSPS) is 11.9. The van der Waals surface area contributed by atoms with Crippen molar-refractivity contribution in [1.82, 2.24) is 9.72 Å². The smallest absolute Gasteiger partial charge is 0.326 e. The molecule has 3 aromatic rings. The van der Waals surface area contributed by atoms with Crippen molar-refractivity contribution in [3.05, 3.63) is 46.1 Å². The van der Waals surface area contributed by atoms with E-state index in [2.05, 4.69) is 10.1 Å². The third kappa shape index (κ3) is 3.53. The lowest BCUT2D eigenvalue weighted by molar-refractivity contribution is -0.143. The van der Waals surface area contributed by atoms with Crippen LogP contribution >= 0.6 is 11.3 Å². The Labute approximate surface area is 147 Å². The average molecular weight is 359 g/mol. The largest absolute Gasteiger partial charge is 0.465 e. The van der Waals surface area contributed by atoms with Crippen LogP contribution in [0.3, 0.4) is 0 Å². The van der Waals surface area contributed by atoms with Gasteiger partial charge in [0.05, 0.1) is 23.0 Å². The number of benzene rings is 1. The molecule has 0 atom stereocenters. The maximum Gasteiger partial charge on any atom is 0.326 e. The lowest BCUT2D eigenvalue weighted by Crippen LogP contribution is -2.23. The molecule has 0 aliphatic carbocycles. The molecule has 2 aromatic heterocycles. The molecule has 0 unspecified atom stereocenters. The number of carbonyl (C=O) groups is 2. The van der Waals surface area contributed by atoms with Crippen molar-refractivity contribution < 1.29 is 18.8 Å². The van der Waals surface area contributed by atoms with E-state index in [1.54, 1.807) is 11.5 Å². The minimum absolute atomic E-state index is 0.0150. The molecule has 0 spiro atoms. The lowest BCUT2D eigenvalue weighted by Gasteiger charge is -2.06. The van der Waals surface area contributed by atoms with Gasteiger partial charge >= 0.3 is 11.9 Å². The Morgan fingerprint density at radius 3 is 2.76 bits per heavy atom. The standard InChI is InChI=1S/C17H17N3O4S/c1-4-23-15(21)9-20-12-7-10(2)11(3)8-14(12)25-17(20)19-16(22)13-5-6-18-24-13/h5-8H,4,9H2,1-3H3. The van der Waals surface area contributed by atoms with Crippen LogP contribution in [0.1, 0.15) is 28.6 Å². The van der Waals surface area contributed by atoms with E-state index in [9.17, 15) is 9.59 Å². The summed E-state index contributed by atoms with van der Waals surface area (Å²) in [7, 11) is 0. The van der Waals surface area contributed by atoms with E-state index >= 15 is 0 Å². The van der Waals surface area contributed by atoms with E-state index in [0.29, 0.717) is 11.4 Å². The number of carbonyl (C=O) groups excluding carboxylic acids is 2. The summed E-state index contributed by atoms with van der Waals surface area (Å²) in [6, 6.07) is 5.45. The van der Waals surface area contributed by atoms with Crippen molar-refractivity contribution in [3.63, 3.8) is 0 Å². The average Bonchev–Trinajstić information content (AvgIpc) is 3.19. The Hall–Kier alpha value is -2.74. The first-order valence-electron chi connectivity index (χ1n) is 7.75. The molecular formula is C17H17N3O4S. The van der Waals surface area contributed by atoms with Crippen LogP contribution < -0.4 is 4.80 Å². The van der Waals surface area contributed by atoms with Gasteiger partial charge in [-0.1, -0.05) is 16.5 Å². The monoisotopic (exact) mass is 359 g/mol. The number of ether oxygens (including phenoxy) is 1. The first kappa shape index (κ1) is 17.1. The number of thiazole rings is 1. The summed E-state index contributed by atoms with van der Waals surface area (Å²) in [6.45, 7) is 6.04. The Kier molecular flexibility index (Phi) is 4.80. The van der Waals surface area contributed by atoms with Crippen LogP contribution in [-0.4, -0.2) is 28.2 Å². The molecule has 0 saturated heterocycles. The summed E-state index contributed by atoms with van der Waals surface area (Å²) in [4.78, 5) is 28.7. The molecule has 1 amide bonds. The van der Waals surface area contributed by atoms with E-state index < -0.39 is 5.91 Å². The Morgan fingerprint density at radius 1 is 1.32 bits per heavy atom. The fraction of sp³-hybridized carbons (Fsp3) is 0.294. The van der Waals surface area contributed by atoms with Gasteiger partial charge < -0.3 is 13.8 Å². The number of hydrogen-bond acceptors (Lipinski definition) is 6. The summed E-state index contributed by atoms with van der Waals surface area (Å²) >= 11 is 1.34. The number of aryl methyl sites for hydroxylation is 2. The zero-order chi connectivity index (χ0) is 18.0. The van der Waals surface area contributed by atoms with Crippen molar-refractivity contribution in [3.8, 4) is 0 Å². The van der Waals surface area contributed by atoms with Gasteiger partial charge in [-0.25, -0.2) is 0 Å². The zero-order valence-electron chi connectivity index (χ0n) is 14.1. The fourth-order valence-electron chi connectivity index (χ4n) is 2.36. The highest BCUT2D eigenvalue weighted by molar-refractivity contribution is 7.16. The van der Waals surface area contributed by atoms with Crippen LogP contribution in [0.5, 0.6) is 0 Å². The number of aromatic nitrogens is 2. The van der Waals surface area contributed by atoms with Crippen LogP contribution in [0.25, 0.3) is 10.2 Å². The van der Waals surface area contributed by atoms with Crippen LogP contribution in [0.2, 0.25) is 0 Å². The SMILES string of the molecule is CCOC(=O)Cn1c(=NC(=O)c2ccno2)sc2cc(C)c(C)cc21. The Balaban J connectivity index is 2.15. The maximum atomic E-state index is 12.2. The molecule has 25 heavy (non-hydrogen) atoms. The number of amides is 1. The second-order valence-electron chi connectivity index (χ2n) is 5.47. The first-order chi connectivity index (χ1) is 12.0. The molecule has 130 valence electrons. The summed E-state index contributed by atoms with van der Waals surface area (Å²) in [5.41, 5.74) is 3.06. The summed E-state index contributed by atoms with van der Waals surface area (Å²) < 4.78 is 12.5. The number of hydrogen-bond donors (Lipinski definition) is 0. The first-order valence-corrected chi connectivity index (χ1v) is 8.57.